The smallest absolute Gasteiger partial charge is 0.271 e. The maximum atomic E-state index is 13.4. The Hall–Kier alpha value is -3.30. The van der Waals surface area contributed by atoms with Gasteiger partial charge in [0.2, 0.25) is 11.8 Å². The summed E-state index contributed by atoms with van der Waals surface area (Å²) < 4.78 is 26.8. The number of halogens is 2. The Morgan fingerprint density at radius 1 is 0.895 bits per heavy atom. The van der Waals surface area contributed by atoms with Crippen molar-refractivity contribution in [3.63, 3.8) is 0 Å². The van der Waals surface area contributed by atoms with Crippen molar-refractivity contribution in [3.05, 3.63) is 47.2 Å². The largest absolute Gasteiger partial charge is 0.344 e. The van der Waals surface area contributed by atoms with E-state index < -0.39 is 29.5 Å². The predicted octanol–water partition coefficient (Wildman–Crippen LogP) is 5.37. The van der Waals surface area contributed by atoms with Crippen molar-refractivity contribution >= 4 is 23.5 Å². The molecular formula is C28H41F2N5O3. The van der Waals surface area contributed by atoms with Gasteiger partial charge in [-0.1, -0.05) is 59.3 Å². The second-order valence-corrected chi connectivity index (χ2v) is 9.55. The molecule has 38 heavy (non-hydrogen) atoms. The Kier molecular flexibility index (Phi) is 13.4. The number of rotatable bonds is 17. The van der Waals surface area contributed by atoms with Gasteiger partial charge in [0.25, 0.3) is 5.91 Å². The summed E-state index contributed by atoms with van der Waals surface area (Å²) in [5, 5.41) is 12.0. The fourth-order valence-electron chi connectivity index (χ4n) is 4.15. The highest BCUT2D eigenvalue weighted by molar-refractivity contribution is 5.98. The molecule has 0 radical (unpaired) electrons. The summed E-state index contributed by atoms with van der Waals surface area (Å²) >= 11 is 0. The molecule has 0 aliphatic heterocycles. The Bertz CT molecular complexity index is 1010. The molecule has 210 valence electrons. The quantitative estimate of drug-likeness (QED) is 0.238. The van der Waals surface area contributed by atoms with Gasteiger partial charge in [-0.05, 0) is 37.0 Å². The van der Waals surface area contributed by atoms with Gasteiger partial charge < -0.3 is 15.5 Å². The van der Waals surface area contributed by atoms with E-state index in [4.69, 9.17) is 0 Å². The lowest BCUT2D eigenvalue weighted by atomic mass is 10.1. The van der Waals surface area contributed by atoms with Gasteiger partial charge in [0.15, 0.2) is 5.82 Å². The van der Waals surface area contributed by atoms with Crippen LogP contribution in [0.5, 0.6) is 0 Å². The zero-order chi connectivity index (χ0) is 27.9. The van der Waals surface area contributed by atoms with Gasteiger partial charge in [-0.25, -0.2) is 8.78 Å². The van der Waals surface area contributed by atoms with Crippen LogP contribution in [0.25, 0.3) is 0 Å². The molecule has 1 heterocycles. The number of carbonyl (C=O) groups excluding carboxylic acids is 3. The minimum absolute atomic E-state index is 0.159. The van der Waals surface area contributed by atoms with Gasteiger partial charge in [0.1, 0.15) is 23.4 Å². The maximum absolute atomic E-state index is 13.4. The summed E-state index contributed by atoms with van der Waals surface area (Å²) in [4.78, 5) is 40.1. The third kappa shape index (κ3) is 10.6. The van der Waals surface area contributed by atoms with Crippen LogP contribution in [0, 0.1) is 11.6 Å². The highest BCUT2D eigenvalue weighted by atomic mass is 19.1. The fourth-order valence-corrected chi connectivity index (χ4v) is 4.15. The van der Waals surface area contributed by atoms with Crippen molar-refractivity contribution in [2.45, 2.75) is 91.0 Å². The van der Waals surface area contributed by atoms with Gasteiger partial charge in [-0.3, -0.25) is 19.5 Å². The van der Waals surface area contributed by atoms with E-state index in [-0.39, 0.29) is 35.8 Å². The number of nitrogens with zero attached hydrogens (tertiary/aromatic N) is 2. The van der Waals surface area contributed by atoms with Crippen molar-refractivity contribution in [1.82, 2.24) is 20.4 Å². The van der Waals surface area contributed by atoms with E-state index in [2.05, 4.69) is 34.7 Å². The molecule has 0 fully saturated rings. The summed E-state index contributed by atoms with van der Waals surface area (Å²) in [5.74, 6) is -2.59. The lowest BCUT2D eigenvalue weighted by Crippen LogP contribution is -2.44. The Morgan fingerprint density at radius 3 is 2.05 bits per heavy atom. The number of amides is 3. The van der Waals surface area contributed by atoms with E-state index in [1.54, 1.807) is 6.92 Å². The van der Waals surface area contributed by atoms with Gasteiger partial charge in [-0.15, -0.1) is 0 Å². The summed E-state index contributed by atoms with van der Waals surface area (Å²) in [6.45, 7) is 7.36. The summed E-state index contributed by atoms with van der Waals surface area (Å²) in [6, 6.07) is 3.48. The third-order valence-corrected chi connectivity index (χ3v) is 6.26. The molecule has 10 heteroatoms. The van der Waals surface area contributed by atoms with Crippen LogP contribution in [0.1, 0.15) is 94.6 Å². The van der Waals surface area contributed by atoms with Crippen molar-refractivity contribution in [3.8, 4) is 0 Å². The SMILES string of the molecule is CCCCCCN(CCCCCC)C(=O)c1cc(NC(=O)C(CC)NC(=O)Cc2cc(F)cc(F)c2)n[nH]1. The van der Waals surface area contributed by atoms with Gasteiger partial charge >= 0.3 is 0 Å². The monoisotopic (exact) mass is 533 g/mol. The van der Waals surface area contributed by atoms with E-state index in [0.29, 0.717) is 13.1 Å². The van der Waals surface area contributed by atoms with Crippen molar-refractivity contribution < 1.29 is 23.2 Å². The first-order valence-corrected chi connectivity index (χ1v) is 13.7. The van der Waals surface area contributed by atoms with Crippen LogP contribution in [0.3, 0.4) is 0 Å². The number of nitrogens with one attached hydrogen (secondary N) is 3. The zero-order valence-electron chi connectivity index (χ0n) is 22.7. The fraction of sp³-hybridized carbons (Fsp3) is 0.571. The van der Waals surface area contributed by atoms with Gasteiger partial charge in [-0.2, -0.15) is 5.10 Å². The normalized spacial score (nSPS) is 11.7. The maximum Gasteiger partial charge on any atom is 0.271 e. The summed E-state index contributed by atoms with van der Waals surface area (Å²) in [6.07, 6.45) is 8.53. The molecule has 3 N–H and O–H groups in total. The molecule has 0 aliphatic rings. The van der Waals surface area contributed by atoms with Crippen LogP contribution in [-0.2, 0) is 16.0 Å². The average molecular weight is 534 g/mol. The minimum Gasteiger partial charge on any atom is -0.344 e. The molecule has 0 bridgehead atoms. The van der Waals surface area contributed by atoms with E-state index in [1.807, 2.05) is 4.90 Å². The predicted molar refractivity (Wildman–Crippen MR) is 144 cm³/mol. The molecule has 0 saturated heterocycles. The number of H-pyrrole nitrogens is 1. The van der Waals surface area contributed by atoms with Crippen LogP contribution in [-0.4, -0.2) is 52.0 Å². The number of aromatic nitrogens is 2. The Labute approximate surface area is 223 Å². The van der Waals surface area contributed by atoms with E-state index in [9.17, 15) is 23.2 Å². The van der Waals surface area contributed by atoms with E-state index >= 15 is 0 Å². The van der Waals surface area contributed by atoms with Crippen LogP contribution >= 0.6 is 0 Å². The second kappa shape index (κ2) is 16.5. The molecule has 1 aromatic carbocycles. The number of hydrogen-bond acceptors (Lipinski definition) is 4. The Balaban J connectivity index is 1.96. The van der Waals surface area contributed by atoms with Crippen molar-refractivity contribution in [2.24, 2.45) is 0 Å². The van der Waals surface area contributed by atoms with Crippen LogP contribution in [0.15, 0.2) is 24.3 Å². The van der Waals surface area contributed by atoms with Crippen molar-refractivity contribution in [2.75, 3.05) is 18.4 Å². The number of anilines is 1. The molecule has 2 aromatic rings. The number of carbonyl (C=O) groups is 3. The average Bonchev–Trinajstić information content (AvgIpc) is 3.33. The van der Waals surface area contributed by atoms with Crippen molar-refractivity contribution in [1.29, 1.82) is 0 Å². The number of aromatic amines is 1. The first kappa shape index (κ1) is 30.9. The molecule has 0 aliphatic carbocycles. The number of benzene rings is 1. The first-order chi connectivity index (χ1) is 18.3. The van der Waals surface area contributed by atoms with E-state index in [0.717, 1.165) is 69.6 Å². The Morgan fingerprint density at radius 2 is 1.50 bits per heavy atom. The standard InChI is InChI=1S/C28H41F2N5O3/c1-4-7-9-11-13-35(14-12-10-8-5-2)28(38)24-19-25(34-33-24)32-27(37)23(6-3)31-26(36)17-20-15-21(29)18-22(30)16-20/h15-16,18-19,23H,4-14,17H2,1-3H3,(H,31,36)(H2,32,33,34,37). The molecule has 3 amide bonds. The molecule has 1 atom stereocenters. The highest BCUT2D eigenvalue weighted by Gasteiger charge is 2.22. The molecule has 0 spiro atoms. The zero-order valence-corrected chi connectivity index (χ0v) is 22.7. The van der Waals surface area contributed by atoms with Gasteiger partial charge in [0, 0.05) is 25.2 Å². The number of unbranched alkanes of at least 4 members (excludes halogenated alkanes) is 6. The first-order valence-electron chi connectivity index (χ1n) is 13.7. The molecule has 1 unspecified atom stereocenters. The molecular weight excluding hydrogens is 492 g/mol. The lowest BCUT2D eigenvalue weighted by molar-refractivity contribution is -0.126. The summed E-state index contributed by atoms with van der Waals surface area (Å²) in [7, 11) is 0. The lowest BCUT2D eigenvalue weighted by Gasteiger charge is -2.22. The summed E-state index contributed by atoms with van der Waals surface area (Å²) in [5.41, 5.74) is 0.455. The number of hydrogen-bond donors (Lipinski definition) is 3. The van der Waals surface area contributed by atoms with Crippen LogP contribution in [0.2, 0.25) is 0 Å². The second-order valence-electron chi connectivity index (χ2n) is 9.55. The molecule has 2 rings (SSSR count). The molecule has 8 nitrogen and oxygen atoms in total. The highest BCUT2D eigenvalue weighted by Crippen LogP contribution is 2.13. The topological polar surface area (TPSA) is 107 Å². The van der Waals surface area contributed by atoms with Crippen LogP contribution < -0.4 is 10.6 Å². The van der Waals surface area contributed by atoms with Gasteiger partial charge in [0.05, 0.1) is 6.42 Å². The van der Waals surface area contributed by atoms with E-state index in [1.165, 1.54) is 6.07 Å². The molecule has 1 aromatic heterocycles. The third-order valence-electron chi connectivity index (χ3n) is 6.26. The molecule has 0 saturated carbocycles. The minimum atomic E-state index is -0.884. The van der Waals surface area contributed by atoms with Crippen LogP contribution in [0.4, 0.5) is 14.6 Å².